The Morgan fingerprint density at radius 1 is 1.00 bits per heavy atom. The van der Waals surface area contributed by atoms with E-state index in [1.54, 1.807) is 11.8 Å². The summed E-state index contributed by atoms with van der Waals surface area (Å²) in [6.07, 6.45) is 2.99. The number of nitrogens with zero attached hydrogens (tertiary/aromatic N) is 3. The van der Waals surface area contributed by atoms with Crippen LogP contribution in [0.2, 0.25) is 0 Å². The highest BCUT2D eigenvalue weighted by Crippen LogP contribution is 2.30. The number of hydrogen-bond donors (Lipinski definition) is 1. The molecule has 5 heteroatoms. The van der Waals surface area contributed by atoms with Gasteiger partial charge in [0, 0.05) is 37.3 Å². The summed E-state index contributed by atoms with van der Waals surface area (Å²) in [5.41, 5.74) is 6.28. The second kappa shape index (κ2) is 8.78. The summed E-state index contributed by atoms with van der Waals surface area (Å²) in [6, 6.07) is 19.4. The minimum Gasteiger partial charge on any atom is -0.340 e. The van der Waals surface area contributed by atoms with Crippen LogP contribution in [0.4, 0.5) is 11.5 Å². The molecule has 0 saturated carbocycles. The number of anilines is 2. The standard InChI is InChI=1S/C25H30N4S/c1-25(2,3)19-10-12-20(13-11-19)26-23-21-17-29(16-18-8-6-5-7-9-18)15-14-22(21)27-24(28-23)30-4/h5-13H,14-17H2,1-4H3,(H,26,27,28). The summed E-state index contributed by atoms with van der Waals surface area (Å²) in [4.78, 5) is 12.1. The quantitative estimate of drug-likeness (QED) is 0.419. The molecule has 1 aliphatic heterocycles. The number of nitrogens with one attached hydrogen (secondary N) is 1. The third-order valence-corrected chi connectivity index (χ3v) is 6.11. The molecule has 0 amide bonds. The number of hydrogen-bond acceptors (Lipinski definition) is 5. The van der Waals surface area contributed by atoms with Crippen molar-refractivity contribution in [3.63, 3.8) is 0 Å². The van der Waals surface area contributed by atoms with Crippen LogP contribution in [0, 0.1) is 0 Å². The summed E-state index contributed by atoms with van der Waals surface area (Å²) in [5, 5.41) is 4.41. The normalized spacial score (nSPS) is 14.4. The van der Waals surface area contributed by atoms with Crippen LogP contribution < -0.4 is 5.32 Å². The Morgan fingerprint density at radius 3 is 2.40 bits per heavy atom. The zero-order valence-corrected chi connectivity index (χ0v) is 19.1. The van der Waals surface area contributed by atoms with Crippen LogP contribution in [0.3, 0.4) is 0 Å². The van der Waals surface area contributed by atoms with Gasteiger partial charge >= 0.3 is 0 Å². The molecule has 1 aliphatic rings. The molecule has 0 radical (unpaired) electrons. The number of aromatic nitrogens is 2. The van der Waals surface area contributed by atoms with Gasteiger partial charge in [-0.2, -0.15) is 0 Å². The lowest BCUT2D eigenvalue weighted by molar-refractivity contribution is 0.243. The van der Waals surface area contributed by atoms with Gasteiger partial charge in [0.05, 0.1) is 5.69 Å². The maximum Gasteiger partial charge on any atom is 0.189 e. The number of rotatable bonds is 5. The van der Waals surface area contributed by atoms with Crippen molar-refractivity contribution in [2.24, 2.45) is 0 Å². The second-order valence-electron chi connectivity index (χ2n) is 8.88. The molecule has 2 aromatic carbocycles. The van der Waals surface area contributed by atoms with Crippen LogP contribution in [0.15, 0.2) is 59.8 Å². The van der Waals surface area contributed by atoms with Gasteiger partial charge in [-0.3, -0.25) is 4.90 Å². The molecule has 0 spiro atoms. The van der Waals surface area contributed by atoms with Gasteiger partial charge in [0.2, 0.25) is 0 Å². The Morgan fingerprint density at radius 2 is 1.73 bits per heavy atom. The topological polar surface area (TPSA) is 41.1 Å². The van der Waals surface area contributed by atoms with E-state index in [-0.39, 0.29) is 5.41 Å². The van der Waals surface area contributed by atoms with Gasteiger partial charge in [-0.05, 0) is 34.9 Å². The molecular weight excluding hydrogens is 388 g/mol. The van der Waals surface area contributed by atoms with Gasteiger partial charge in [0.1, 0.15) is 5.82 Å². The predicted octanol–water partition coefficient (Wildman–Crippen LogP) is 5.80. The Balaban J connectivity index is 1.59. The minimum atomic E-state index is 0.149. The maximum atomic E-state index is 4.83. The summed E-state index contributed by atoms with van der Waals surface area (Å²) in [5.74, 6) is 0.936. The van der Waals surface area contributed by atoms with Gasteiger partial charge < -0.3 is 5.32 Å². The van der Waals surface area contributed by atoms with Gasteiger partial charge in [-0.1, -0.05) is 75.0 Å². The molecule has 1 aromatic heterocycles. The van der Waals surface area contributed by atoms with Crippen LogP contribution in [0.25, 0.3) is 0 Å². The third-order valence-electron chi connectivity index (χ3n) is 5.56. The van der Waals surface area contributed by atoms with E-state index >= 15 is 0 Å². The highest BCUT2D eigenvalue weighted by molar-refractivity contribution is 7.98. The molecule has 156 valence electrons. The Hall–Kier alpha value is -2.37. The van der Waals surface area contributed by atoms with Gasteiger partial charge in [-0.25, -0.2) is 9.97 Å². The summed E-state index contributed by atoms with van der Waals surface area (Å²) in [7, 11) is 0. The van der Waals surface area contributed by atoms with E-state index in [4.69, 9.17) is 9.97 Å². The molecule has 3 aromatic rings. The van der Waals surface area contributed by atoms with Gasteiger partial charge in [-0.15, -0.1) is 0 Å². The average Bonchev–Trinajstić information content (AvgIpc) is 2.74. The summed E-state index contributed by atoms with van der Waals surface area (Å²) in [6.45, 7) is 9.55. The predicted molar refractivity (Wildman–Crippen MR) is 126 cm³/mol. The van der Waals surface area contributed by atoms with E-state index in [0.29, 0.717) is 0 Å². The van der Waals surface area contributed by atoms with E-state index in [1.165, 1.54) is 22.4 Å². The lowest BCUT2D eigenvalue weighted by atomic mass is 9.87. The van der Waals surface area contributed by atoms with Crippen molar-refractivity contribution in [3.05, 3.63) is 77.0 Å². The van der Waals surface area contributed by atoms with Gasteiger partial charge in [0.15, 0.2) is 5.16 Å². The Bertz CT molecular complexity index is 994. The Labute approximate surface area is 184 Å². The molecule has 1 N–H and O–H groups in total. The van der Waals surface area contributed by atoms with Crippen LogP contribution in [-0.2, 0) is 24.9 Å². The minimum absolute atomic E-state index is 0.149. The van der Waals surface area contributed by atoms with Gasteiger partial charge in [0.25, 0.3) is 0 Å². The second-order valence-corrected chi connectivity index (χ2v) is 9.66. The van der Waals surface area contributed by atoms with Crippen molar-refractivity contribution >= 4 is 23.3 Å². The first-order chi connectivity index (χ1) is 14.4. The van der Waals surface area contributed by atoms with E-state index < -0.39 is 0 Å². The smallest absolute Gasteiger partial charge is 0.189 e. The monoisotopic (exact) mass is 418 g/mol. The fourth-order valence-electron chi connectivity index (χ4n) is 3.81. The van der Waals surface area contributed by atoms with Crippen LogP contribution in [0.5, 0.6) is 0 Å². The molecule has 0 aliphatic carbocycles. The highest BCUT2D eigenvalue weighted by atomic mass is 32.2. The zero-order valence-electron chi connectivity index (χ0n) is 18.3. The van der Waals surface area contributed by atoms with Crippen molar-refractivity contribution in [1.29, 1.82) is 0 Å². The fraction of sp³-hybridized carbons (Fsp3) is 0.360. The molecule has 30 heavy (non-hydrogen) atoms. The van der Waals surface area contributed by atoms with E-state index in [9.17, 15) is 0 Å². The van der Waals surface area contributed by atoms with E-state index in [1.807, 2.05) is 6.26 Å². The molecule has 2 heterocycles. The lowest BCUT2D eigenvalue weighted by Gasteiger charge is -2.29. The number of thioether (sulfide) groups is 1. The van der Waals surface area contributed by atoms with Crippen molar-refractivity contribution in [1.82, 2.24) is 14.9 Å². The molecule has 4 rings (SSSR count). The van der Waals surface area contributed by atoms with Crippen LogP contribution >= 0.6 is 11.8 Å². The number of benzene rings is 2. The summed E-state index contributed by atoms with van der Waals surface area (Å²) < 4.78 is 0. The molecule has 4 nitrogen and oxygen atoms in total. The largest absolute Gasteiger partial charge is 0.340 e. The maximum absolute atomic E-state index is 4.83. The summed E-state index contributed by atoms with van der Waals surface area (Å²) >= 11 is 1.60. The van der Waals surface area contributed by atoms with Crippen LogP contribution in [0.1, 0.15) is 43.2 Å². The van der Waals surface area contributed by atoms with Crippen molar-refractivity contribution < 1.29 is 0 Å². The molecule has 0 atom stereocenters. The molecule has 0 fully saturated rings. The molecule has 0 unspecified atom stereocenters. The first-order valence-electron chi connectivity index (χ1n) is 10.5. The third kappa shape index (κ3) is 4.85. The average molecular weight is 419 g/mol. The van der Waals surface area contributed by atoms with Crippen molar-refractivity contribution in [2.45, 2.75) is 50.9 Å². The van der Waals surface area contributed by atoms with E-state index in [0.717, 1.165) is 42.7 Å². The van der Waals surface area contributed by atoms with Crippen LogP contribution in [-0.4, -0.2) is 27.7 Å². The van der Waals surface area contributed by atoms with E-state index in [2.05, 4.69) is 85.6 Å². The number of fused-ring (bicyclic) bond motifs is 1. The zero-order chi connectivity index (χ0) is 21.1. The van der Waals surface area contributed by atoms with Crippen molar-refractivity contribution in [3.8, 4) is 0 Å². The SMILES string of the molecule is CSc1nc2c(c(Nc3ccc(C(C)(C)C)cc3)n1)CN(Cc1ccccc1)CC2. The molecular formula is C25H30N4S. The first kappa shape index (κ1) is 20.9. The molecule has 0 bridgehead atoms. The Kier molecular flexibility index (Phi) is 6.11. The first-order valence-corrected chi connectivity index (χ1v) is 11.7. The highest BCUT2D eigenvalue weighted by Gasteiger charge is 2.23. The fourth-order valence-corrected chi connectivity index (χ4v) is 4.19. The lowest BCUT2D eigenvalue weighted by Crippen LogP contribution is -2.31. The van der Waals surface area contributed by atoms with Crippen molar-refractivity contribution in [2.75, 3.05) is 18.1 Å². The molecule has 0 saturated heterocycles.